The second-order valence-electron chi connectivity index (χ2n) is 4.91. The zero-order valence-corrected chi connectivity index (χ0v) is 10.3. The van der Waals surface area contributed by atoms with Gasteiger partial charge in [0.1, 0.15) is 0 Å². The van der Waals surface area contributed by atoms with Gasteiger partial charge in [0.05, 0.1) is 6.42 Å². The molecule has 0 aliphatic heterocycles. The fourth-order valence-corrected chi connectivity index (χ4v) is 2.38. The van der Waals surface area contributed by atoms with E-state index >= 15 is 0 Å². The molecule has 98 valence electrons. The molecule has 1 fully saturated rings. The molecule has 18 heavy (non-hydrogen) atoms. The summed E-state index contributed by atoms with van der Waals surface area (Å²) in [5, 5.41) is 18.7. The minimum absolute atomic E-state index is 0.0508. The number of carbonyl (C=O) groups is 1. The van der Waals surface area contributed by atoms with E-state index in [1.165, 1.54) is 6.07 Å². The number of aliphatic carboxylic acids is 1. The Labute approximate surface area is 105 Å². The van der Waals surface area contributed by atoms with Crippen LogP contribution in [0.5, 0.6) is 5.75 Å². The zero-order valence-electron chi connectivity index (χ0n) is 10.3. The van der Waals surface area contributed by atoms with Crippen molar-refractivity contribution in [3.8, 4) is 5.75 Å². The molecule has 0 bridgehead atoms. The van der Waals surface area contributed by atoms with Crippen LogP contribution in [0.2, 0.25) is 0 Å². The summed E-state index contributed by atoms with van der Waals surface area (Å²) in [6.07, 6.45) is 2.52. The number of aryl methyl sites for hydroxylation is 1. The minimum atomic E-state index is -0.909. The van der Waals surface area contributed by atoms with E-state index in [2.05, 4.69) is 0 Å². The highest BCUT2D eigenvalue weighted by atomic mass is 19.1. The number of hydrogen-bond acceptors (Lipinski definition) is 2. The van der Waals surface area contributed by atoms with Crippen molar-refractivity contribution in [2.24, 2.45) is 5.92 Å². The van der Waals surface area contributed by atoms with Gasteiger partial charge in [-0.1, -0.05) is 13.0 Å². The number of phenols is 1. The zero-order chi connectivity index (χ0) is 13.3. The van der Waals surface area contributed by atoms with Gasteiger partial charge in [-0.3, -0.25) is 4.79 Å². The Morgan fingerprint density at radius 2 is 2.17 bits per heavy atom. The highest BCUT2D eigenvalue weighted by Crippen LogP contribution is 2.47. The Balaban J connectivity index is 2.39. The summed E-state index contributed by atoms with van der Waals surface area (Å²) in [6.45, 7) is 1.90. The van der Waals surface area contributed by atoms with Crippen LogP contribution >= 0.6 is 0 Å². The van der Waals surface area contributed by atoms with Crippen LogP contribution in [0.25, 0.3) is 0 Å². The summed E-state index contributed by atoms with van der Waals surface area (Å²) in [5.41, 5.74) is 1.24. The Kier molecular flexibility index (Phi) is 3.55. The third-order valence-electron chi connectivity index (χ3n) is 3.55. The van der Waals surface area contributed by atoms with E-state index in [-0.39, 0.29) is 24.0 Å². The van der Waals surface area contributed by atoms with Crippen LogP contribution in [-0.4, -0.2) is 16.2 Å². The van der Waals surface area contributed by atoms with Gasteiger partial charge in [0, 0.05) is 11.5 Å². The van der Waals surface area contributed by atoms with E-state index in [1.54, 1.807) is 6.07 Å². The van der Waals surface area contributed by atoms with Gasteiger partial charge in [0.2, 0.25) is 0 Å². The van der Waals surface area contributed by atoms with E-state index in [4.69, 9.17) is 5.11 Å². The maximum Gasteiger partial charge on any atom is 0.303 e. The van der Waals surface area contributed by atoms with Crippen molar-refractivity contribution in [3.63, 3.8) is 0 Å². The van der Waals surface area contributed by atoms with E-state index < -0.39 is 11.8 Å². The number of benzene rings is 1. The first kappa shape index (κ1) is 12.9. The van der Waals surface area contributed by atoms with Crippen molar-refractivity contribution in [1.29, 1.82) is 0 Å². The molecule has 1 saturated carbocycles. The van der Waals surface area contributed by atoms with Crippen molar-refractivity contribution in [3.05, 3.63) is 29.1 Å². The van der Waals surface area contributed by atoms with E-state index in [1.807, 2.05) is 6.92 Å². The van der Waals surface area contributed by atoms with Crippen molar-refractivity contribution in [2.75, 3.05) is 0 Å². The third kappa shape index (κ3) is 2.63. The summed E-state index contributed by atoms with van der Waals surface area (Å²) in [6, 6.07) is 3.05. The summed E-state index contributed by atoms with van der Waals surface area (Å²) in [7, 11) is 0. The molecule has 0 aromatic heterocycles. The summed E-state index contributed by atoms with van der Waals surface area (Å²) in [5.74, 6) is -1.96. The van der Waals surface area contributed by atoms with Crippen LogP contribution in [0, 0.1) is 11.7 Å². The molecule has 1 aromatic carbocycles. The minimum Gasteiger partial charge on any atom is -0.505 e. The lowest BCUT2D eigenvalue weighted by Crippen LogP contribution is -2.09. The summed E-state index contributed by atoms with van der Waals surface area (Å²) < 4.78 is 13.6. The van der Waals surface area contributed by atoms with Crippen molar-refractivity contribution in [2.45, 2.75) is 38.5 Å². The summed E-state index contributed by atoms with van der Waals surface area (Å²) >= 11 is 0. The molecular formula is C14H17FO3. The molecule has 2 rings (SSSR count). The fourth-order valence-electron chi connectivity index (χ4n) is 2.38. The Morgan fingerprint density at radius 3 is 2.67 bits per heavy atom. The van der Waals surface area contributed by atoms with E-state index in [9.17, 15) is 14.3 Å². The predicted molar refractivity (Wildman–Crippen MR) is 65.2 cm³/mol. The van der Waals surface area contributed by atoms with Gasteiger partial charge in [-0.25, -0.2) is 4.39 Å². The van der Waals surface area contributed by atoms with E-state index in [0.29, 0.717) is 12.0 Å². The molecule has 0 amide bonds. The molecule has 1 unspecified atom stereocenters. The molecule has 1 aliphatic rings. The predicted octanol–water partition coefficient (Wildman–Crippen LogP) is 3.06. The normalized spacial score (nSPS) is 16.6. The number of halogens is 1. The lowest BCUT2D eigenvalue weighted by Gasteiger charge is -2.17. The number of rotatable bonds is 5. The van der Waals surface area contributed by atoms with Gasteiger partial charge in [0.25, 0.3) is 0 Å². The first-order valence-corrected chi connectivity index (χ1v) is 6.26. The monoisotopic (exact) mass is 252 g/mol. The lowest BCUT2D eigenvalue weighted by atomic mass is 9.88. The van der Waals surface area contributed by atoms with Gasteiger partial charge < -0.3 is 10.2 Å². The molecule has 0 spiro atoms. The van der Waals surface area contributed by atoms with Crippen molar-refractivity contribution < 1.29 is 19.4 Å². The van der Waals surface area contributed by atoms with Gasteiger partial charge >= 0.3 is 5.97 Å². The highest BCUT2D eigenvalue weighted by Gasteiger charge is 2.35. The SMILES string of the molecule is CCc1cc(F)c(O)c(C(CC(=O)O)C2CC2)c1. The standard InChI is InChI=1S/C14H17FO3/c1-2-8-5-11(14(18)12(15)6-8)10(7-13(16)17)9-3-4-9/h5-6,9-10,18H,2-4,7H2,1H3,(H,16,17). The molecule has 3 nitrogen and oxygen atoms in total. The van der Waals surface area contributed by atoms with Gasteiger partial charge in [-0.15, -0.1) is 0 Å². The van der Waals surface area contributed by atoms with Crippen molar-refractivity contribution >= 4 is 5.97 Å². The van der Waals surface area contributed by atoms with Gasteiger partial charge in [-0.2, -0.15) is 0 Å². The highest BCUT2D eigenvalue weighted by molar-refractivity contribution is 5.68. The molecule has 0 radical (unpaired) electrons. The molecule has 2 N–H and O–H groups in total. The second kappa shape index (κ2) is 4.96. The Hall–Kier alpha value is -1.58. The Morgan fingerprint density at radius 1 is 1.50 bits per heavy atom. The van der Waals surface area contributed by atoms with E-state index in [0.717, 1.165) is 18.4 Å². The van der Waals surface area contributed by atoms with Gasteiger partial charge in [-0.05, 0) is 36.8 Å². The molecule has 1 aliphatic carbocycles. The van der Waals surface area contributed by atoms with Crippen LogP contribution in [0.1, 0.15) is 43.2 Å². The van der Waals surface area contributed by atoms with Crippen LogP contribution in [0.3, 0.4) is 0 Å². The number of hydrogen-bond donors (Lipinski definition) is 2. The van der Waals surface area contributed by atoms with Crippen LogP contribution in [-0.2, 0) is 11.2 Å². The number of aromatic hydroxyl groups is 1. The van der Waals surface area contributed by atoms with Crippen molar-refractivity contribution in [1.82, 2.24) is 0 Å². The smallest absolute Gasteiger partial charge is 0.303 e. The summed E-state index contributed by atoms with van der Waals surface area (Å²) in [4.78, 5) is 10.9. The Bertz CT molecular complexity index is 466. The fraction of sp³-hybridized carbons (Fsp3) is 0.500. The first-order valence-electron chi connectivity index (χ1n) is 6.26. The quantitative estimate of drug-likeness (QED) is 0.846. The number of carboxylic acid groups (broad SMARTS) is 1. The lowest BCUT2D eigenvalue weighted by molar-refractivity contribution is -0.137. The number of phenolic OH excluding ortho intramolecular Hbond substituents is 1. The number of carboxylic acids is 1. The van der Waals surface area contributed by atoms with Gasteiger partial charge in [0.15, 0.2) is 11.6 Å². The first-order chi connectivity index (χ1) is 8.52. The van der Waals surface area contributed by atoms with Crippen LogP contribution < -0.4 is 0 Å². The third-order valence-corrected chi connectivity index (χ3v) is 3.55. The maximum absolute atomic E-state index is 13.6. The average Bonchev–Trinajstić information content (AvgIpc) is 3.13. The molecule has 1 aromatic rings. The molecular weight excluding hydrogens is 235 g/mol. The molecule has 1 atom stereocenters. The molecule has 0 heterocycles. The average molecular weight is 252 g/mol. The van der Waals surface area contributed by atoms with Crippen LogP contribution in [0.4, 0.5) is 4.39 Å². The molecule has 0 saturated heterocycles. The maximum atomic E-state index is 13.6. The largest absolute Gasteiger partial charge is 0.505 e. The topological polar surface area (TPSA) is 57.5 Å². The second-order valence-corrected chi connectivity index (χ2v) is 4.91. The molecule has 4 heteroatoms. The van der Waals surface area contributed by atoms with Crippen LogP contribution in [0.15, 0.2) is 12.1 Å².